The third-order valence-electron chi connectivity index (χ3n) is 4.32. The van der Waals surface area contributed by atoms with Crippen molar-refractivity contribution in [2.24, 2.45) is 5.73 Å². The molecular formula is C17H28N2O. The molecule has 2 rings (SSSR count). The minimum atomic E-state index is 0.0780. The molecule has 0 aliphatic carbocycles. The first-order chi connectivity index (χ1) is 9.51. The van der Waals surface area contributed by atoms with Crippen LogP contribution >= 0.6 is 0 Å². The maximum atomic E-state index is 6.48. The van der Waals surface area contributed by atoms with E-state index in [4.69, 9.17) is 10.5 Å². The minimum Gasteiger partial charge on any atom is -0.376 e. The van der Waals surface area contributed by atoms with Gasteiger partial charge >= 0.3 is 0 Å². The van der Waals surface area contributed by atoms with E-state index in [0.717, 1.165) is 26.1 Å². The number of hydrogen-bond donors (Lipinski definition) is 1. The molecule has 0 bridgehead atoms. The van der Waals surface area contributed by atoms with E-state index in [0.29, 0.717) is 12.1 Å². The van der Waals surface area contributed by atoms with Crippen molar-refractivity contribution in [2.75, 3.05) is 19.7 Å². The second kappa shape index (κ2) is 6.70. The predicted molar refractivity (Wildman–Crippen MR) is 83.9 cm³/mol. The van der Waals surface area contributed by atoms with Gasteiger partial charge in [-0.3, -0.25) is 4.90 Å². The molecule has 3 atom stereocenters. The number of nitrogens with zero attached hydrogens (tertiary/aromatic N) is 1. The average Bonchev–Trinajstić information content (AvgIpc) is 2.41. The third-order valence-corrected chi connectivity index (χ3v) is 4.32. The third kappa shape index (κ3) is 3.60. The summed E-state index contributed by atoms with van der Waals surface area (Å²) in [4.78, 5) is 2.50. The van der Waals surface area contributed by atoms with Crippen LogP contribution in [0.3, 0.4) is 0 Å². The molecule has 3 nitrogen and oxygen atoms in total. The number of nitrogens with two attached hydrogens (primary N) is 1. The summed E-state index contributed by atoms with van der Waals surface area (Å²) >= 11 is 0. The minimum absolute atomic E-state index is 0.0780. The highest BCUT2D eigenvalue weighted by Gasteiger charge is 2.27. The van der Waals surface area contributed by atoms with Crippen molar-refractivity contribution in [3.63, 3.8) is 0 Å². The molecule has 1 aromatic carbocycles. The van der Waals surface area contributed by atoms with Gasteiger partial charge in [-0.05, 0) is 38.3 Å². The molecule has 0 amide bonds. The van der Waals surface area contributed by atoms with Crippen molar-refractivity contribution >= 4 is 0 Å². The lowest BCUT2D eigenvalue weighted by atomic mass is 9.98. The molecule has 1 fully saturated rings. The predicted octanol–water partition coefficient (Wildman–Crippen LogP) is 2.80. The molecule has 112 valence electrons. The smallest absolute Gasteiger partial charge is 0.0674 e. The molecule has 3 heteroatoms. The highest BCUT2D eigenvalue weighted by atomic mass is 16.5. The van der Waals surface area contributed by atoms with Crippen LogP contribution in [0.15, 0.2) is 18.2 Å². The van der Waals surface area contributed by atoms with Crippen LogP contribution in [0.1, 0.15) is 43.0 Å². The van der Waals surface area contributed by atoms with Gasteiger partial charge in [0.25, 0.3) is 0 Å². The van der Waals surface area contributed by atoms with E-state index in [-0.39, 0.29) is 6.04 Å². The summed E-state index contributed by atoms with van der Waals surface area (Å²) in [5.74, 6) is 0. The molecule has 1 heterocycles. The van der Waals surface area contributed by atoms with E-state index < -0.39 is 0 Å². The standard InChI is InChI=1S/C17H28N2O/c1-5-15-11-20-14(4)9-19(15)10-17(18)16-8-12(2)6-7-13(16)3/h6-8,14-15,17H,5,9-11,18H2,1-4H3. The Labute approximate surface area is 123 Å². The van der Waals surface area contributed by atoms with Gasteiger partial charge in [-0.1, -0.05) is 30.7 Å². The number of ether oxygens (including phenoxy) is 1. The highest BCUT2D eigenvalue weighted by Crippen LogP contribution is 2.22. The fourth-order valence-corrected chi connectivity index (χ4v) is 3.02. The average molecular weight is 276 g/mol. The summed E-state index contributed by atoms with van der Waals surface area (Å²) in [7, 11) is 0. The molecule has 1 saturated heterocycles. The second-order valence-electron chi connectivity index (χ2n) is 6.13. The molecule has 1 aliphatic heterocycles. The summed E-state index contributed by atoms with van der Waals surface area (Å²) in [5, 5.41) is 0. The maximum absolute atomic E-state index is 6.48. The van der Waals surface area contributed by atoms with Gasteiger partial charge in [-0.25, -0.2) is 0 Å². The van der Waals surface area contributed by atoms with Crippen LogP contribution < -0.4 is 5.73 Å². The number of rotatable bonds is 4. The Morgan fingerprint density at radius 3 is 2.85 bits per heavy atom. The first-order valence-corrected chi connectivity index (χ1v) is 7.69. The van der Waals surface area contributed by atoms with E-state index >= 15 is 0 Å². The Kier molecular flexibility index (Phi) is 5.19. The quantitative estimate of drug-likeness (QED) is 0.919. The zero-order chi connectivity index (χ0) is 14.7. The molecule has 20 heavy (non-hydrogen) atoms. The van der Waals surface area contributed by atoms with Gasteiger partial charge in [-0.15, -0.1) is 0 Å². The summed E-state index contributed by atoms with van der Waals surface area (Å²) in [6.45, 7) is 11.4. The molecular weight excluding hydrogens is 248 g/mol. The molecule has 3 unspecified atom stereocenters. The van der Waals surface area contributed by atoms with Crippen molar-refractivity contribution in [2.45, 2.75) is 52.3 Å². The molecule has 0 aromatic heterocycles. The van der Waals surface area contributed by atoms with E-state index in [1.807, 2.05) is 0 Å². The lowest BCUT2D eigenvalue weighted by Gasteiger charge is -2.39. The Balaban J connectivity index is 2.09. The van der Waals surface area contributed by atoms with E-state index in [1.165, 1.54) is 16.7 Å². The Morgan fingerprint density at radius 2 is 2.15 bits per heavy atom. The number of aryl methyl sites for hydroxylation is 2. The van der Waals surface area contributed by atoms with Gasteiger partial charge in [0.15, 0.2) is 0 Å². The Bertz CT molecular complexity index is 447. The van der Waals surface area contributed by atoms with Crippen LogP contribution in [0.4, 0.5) is 0 Å². The number of morpholine rings is 1. The van der Waals surface area contributed by atoms with Crippen molar-refractivity contribution < 1.29 is 4.74 Å². The van der Waals surface area contributed by atoms with Crippen LogP contribution in [0, 0.1) is 13.8 Å². The van der Waals surface area contributed by atoms with Gasteiger partial charge < -0.3 is 10.5 Å². The van der Waals surface area contributed by atoms with Crippen LogP contribution in [-0.2, 0) is 4.74 Å². The van der Waals surface area contributed by atoms with Crippen LogP contribution in [0.2, 0.25) is 0 Å². The van der Waals surface area contributed by atoms with Gasteiger partial charge in [-0.2, -0.15) is 0 Å². The normalized spacial score (nSPS) is 25.6. The first-order valence-electron chi connectivity index (χ1n) is 7.69. The Morgan fingerprint density at radius 1 is 1.40 bits per heavy atom. The molecule has 2 N–H and O–H groups in total. The summed E-state index contributed by atoms with van der Waals surface area (Å²) in [5.41, 5.74) is 10.3. The van der Waals surface area contributed by atoms with Crippen molar-refractivity contribution in [1.82, 2.24) is 4.90 Å². The lowest BCUT2D eigenvalue weighted by Crippen LogP contribution is -2.50. The largest absolute Gasteiger partial charge is 0.376 e. The zero-order valence-electron chi connectivity index (χ0n) is 13.2. The van der Waals surface area contributed by atoms with Crippen LogP contribution in [0.25, 0.3) is 0 Å². The topological polar surface area (TPSA) is 38.5 Å². The molecule has 0 saturated carbocycles. The van der Waals surface area contributed by atoms with E-state index in [1.54, 1.807) is 0 Å². The van der Waals surface area contributed by atoms with Gasteiger partial charge in [0.05, 0.1) is 12.7 Å². The maximum Gasteiger partial charge on any atom is 0.0674 e. The van der Waals surface area contributed by atoms with Gasteiger partial charge in [0, 0.05) is 25.2 Å². The first kappa shape index (κ1) is 15.5. The summed E-state index contributed by atoms with van der Waals surface area (Å²) in [6.07, 6.45) is 1.43. The zero-order valence-corrected chi connectivity index (χ0v) is 13.2. The monoisotopic (exact) mass is 276 g/mol. The van der Waals surface area contributed by atoms with Gasteiger partial charge in [0.1, 0.15) is 0 Å². The number of benzene rings is 1. The summed E-state index contributed by atoms with van der Waals surface area (Å²) < 4.78 is 5.76. The number of hydrogen-bond acceptors (Lipinski definition) is 3. The van der Waals surface area contributed by atoms with Crippen LogP contribution in [-0.4, -0.2) is 36.7 Å². The molecule has 0 spiro atoms. The highest BCUT2D eigenvalue weighted by molar-refractivity contribution is 5.33. The molecule has 1 aromatic rings. The molecule has 1 aliphatic rings. The van der Waals surface area contributed by atoms with E-state index in [9.17, 15) is 0 Å². The molecule has 0 radical (unpaired) electrons. The Hall–Kier alpha value is -0.900. The van der Waals surface area contributed by atoms with Crippen molar-refractivity contribution in [3.05, 3.63) is 34.9 Å². The van der Waals surface area contributed by atoms with E-state index in [2.05, 4.69) is 50.8 Å². The van der Waals surface area contributed by atoms with Gasteiger partial charge in [0.2, 0.25) is 0 Å². The second-order valence-corrected chi connectivity index (χ2v) is 6.13. The SMILES string of the molecule is CCC1COC(C)CN1CC(N)c1cc(C)ccc1C. The summed E-state index contributed by atoms with van der Waals surface area (Å²) in [6, 6.07) is 7.13. The lowest BCUT2D eigenvalue weighted by molar-refractivity contribution is -0.0575. The van der Waals surface area contributed by atoms with Crippen molar-refractivity contribution in [1.29, 1.82) is 0 Å². The fraction of sp³-hybridized carbons (Fsp3) is 0.647. The van der Waals surface area contributed by atoms with Crippen molar-refractivity contribution in [3.8, 4) is 0 Å². The fourth-order valence-electron chi connectivity index (χ4n) is 3.02. The van der Waals surface area contributed by atoms with Crippen LogP contribution in [0.5, 0.6) is 0 Å².